The van der Waals surface area contributed by atoms with Crippen LogP contribution in [0.1, 0.15) is 29.7 Å². The summed E-state index contributed by atoms with van der Waals surface area (Å²) in [6.45, 7) is 3.63. The first-order valence-electron chi connectivity index (χ1n) is 8.91. The summed E-state index contributed by atoms with van der Waals surface area (Å²) in [4.78, 5) is 12.6. The van der Waals surface area contributed by atoms with Gasteiger partial charge in [0.1, 0.15) is 17.6 Å². The minimum absolute atomic E-state index is 0.0446. The van der Waals surface area contributed by atoms with E-state index in [4.69, 9.17) is 25.8 Å². The van der Waals surface area contributed by atoms with Crippen LogP contribution in [0.2, 0.25) is 5.02 Å². The molecule has 1 heterocycles. The summed E-state index contributed by atoms with van der Waals surface area (Å²) in [5.41, 5.74) is 2.12. The molecule has 29 heavy (non-hydrogen) atoms. The van der Waals surface area contributed by atoms with Crippen LogP contribution in [0.5, 0.6) is 11.5 Å². The molecule has 1 aliphatic rings. The number of ether oxygens (including phenoxy) is 3. The Kier molecular flexibility index (Phi) is 5.91. The van der Waals surface area contributed by atoms with Gasteiger partial charge in [0.2, 0.25) is 5.76 Å². The van der Waals surface area contributed by atoms with Gasteiger partial charge in [-0.1, -0.05) is 24.6 Å². The number of aryl methyl sites for hydroxylation is 2. The Labute approximate surface area is 175 Å². The third kappa shape index (κ3) is 4.41. The second-order valence-corrected chi connectivity index (χ2v) is 9.09. The molecule has 0 N–H and O–H groups in total. The molecule has 2 aromatic rings. The van der Waals surface area contributed by atoms with Crippen LogP contribution in [0.25, 0.3) is 0 Å². The molecule has 0 bridgehead atoms. The number of hydrogen-bond donors (Lipinski definition) is 0. The molecular weight excluding hydrogens is 416 g/mol. The lowest BCUT2D eigenvalue weighted by molar-refractivity contribution is -0.141. The first-order chi connectivity index (χ1) is 13.6. The van der Waals surface area contributed by atoms with Crippen LogP contribution < -0.4 is 9.47 Å². The quantitative estimate of drug-likeness (QED) is 0.632. The van der Waals surface area contributed by atoms with E-state index in [-0.39, 0.29) is 10.7 Å². The molecule has 0 radical (unpaired) electrons. The molecule has 6 nitrogen and oxygen atoms in total. The van der Waals surface area contributed by atoms with Crippen molar-refractivity contribution in [3.8, 4) is 11.5 Å². The number of methoxy groups -OCH3 is 1. The van der Waals surface area contributed by atoms with Gasteiger partial charge in [-0.3, -0.25) is 0 Å². The number of rotatable bonds is 6. The summed E-state index contributed by atoms with van der Waals surface area (Å²) in [6, 6.07) is 8.21. The fourth-order valence-corrected chi connectivity index (χ4v) is 4.45. The first-order valence-corrected chi connectivity index (χ1v) is 11.2. The molecule has 0 saturated carbocycles. The average molecular weight is 437 g/mol. The van der Waals surface area contributed by atoms with Crippen molar-refractivity contribution in [2.24, 2.45) is 0 Å². The lowest BCUT2D eigenvalue weighted by atomic mass is 9.98. The fraction of sp³-hybridized carbons (Fsp3) is 0.286. The van der Waals surface area contributed by atoms with Crippen LogP contribution in [-0.4, -0.2) is 27.8 Å². The van der Waals surface area contributed by atoms with E-state index < -0.39 is 21.9 Å². The van der Waals surface area contributed by atoms with Crippen molar-refractivity contribution in [3.63, 3.8) is 0 Å². The first kappa shape index (κ1) is 21.2. The number of hydrogen-bond acceptors (Lipinski definition) is 6. The highest BCUT2D eigenvalue weighted by Gasteiger charge is 2.31. The zero-order valence-corrected chi connectivity index (χ0v) is 18.1. The molecule has 2 aromatic carbocycles. The van der Waals surface area contributed by atoms with Gasteiger partial charge in [-0.15, -0.1) is 0 Å². The van der Waals surface area contributed by atoms with Crippen LogP contribution in [-0.2, 0) is 25.8 Å². The predicted octanol–water partition coefficient (Wildman–Crippen LogP) is 4.18. The lowest BCUT2D eigenvalue weighted by Gasteiger charge is -2.16. The van der Waals surface area contributed by atoms with E-state index >= 15 is 0 Å². The maximum Gasteiger partial charge on any atom is 0.375 e. The molecule has 0 saturated heterocycles. The summed E-state index contributed by atoms with van der Waals surface area (Å²) in [5, 5.41) is 0.355. The van der Waals surface area contributed by atoms with Crippen LogP contribution in [0.15, 0.2) is 47.1 Å². The predicted molar refractivity (Wildman–Crippen MR) is 109 cm³/mol. The van der Waals surface area contributed by atoms with E-state index in [0.717, 1.165) is 11.1 Å². The molecule has 3 rings (SSSR count). The molecule has 0 aliphatic carbocycles. The van der Waals surface area contributed by atoms with Crippen LogP contribution in [0.4, 0.5) is 0 Å². The third-order valence-corrected chi connectivity index (χ3v) is 6.15. The van der Waals surface area contributed by atoms with Gasteiger partial charge in [-0.2, -0.15) is 0 Å². The number of sulfone groups is 1. The highest BCUT2D eigenvalue weighted by atomic mass is 35.5. The third-order valence-electron chi connectivity index (χ3n) is 4.61. The largest absolute Gasteiger partial charge is 0.495 e. The van der Waals surface area contributed by atoms with Crippen molar-refractivity contribution in [3.05, 3.63) is 63.9 Å². The Hall–Kier alpha value is -2.51. The Morgan fingerprint density at radius 1 is 1.21 bits per heavy atom. The number of halogens is 1. The molecule has 0 aromatic heterocycles. The second kappa shape index (κ2) is 8.08. The molecule has 0 amide bonds. The molecule has 1 atom stereocenters. The van der Waals surface area contributed by atoms with Gasteiger partial charge in [0, 0.05) is 24.0 Å². The van der Waals surface area contributed by atoms with Gasteiger partial charge in [-0.25, -0.2) is 13.2 Å². The molecule has 154 valence electrons. The van der Waals surface area contributed by atoms with Crippen molar-refractivity contribution in [2.45, 2.75) is 31.3 Å². The van der Waals surface area contributed by atoms with E-state index in [2.05, 4.69) is 0 Å². The number of cyclic esters (lactones) is 1. The highest BCUT2D eigenvalue weighted by molar-refractivity contribution is 7.90. The van der Waals surface area contributed by atoms with E-state index in [1.54, 1.807) is 43.3 Å². The minimum Gasteiger partial charge on any atom is -0.495 e. The van der Waals surface area contributed by atoms with Crippen molar-refractivity contribution in [1.82, 2.24) is 0 Å². The fourth-order valence-electron chi connectivity index (χ4n) is 3.20. The summed E-state index contributed by atoms with van der Waals surface area (Å²) >= 11 is 6.09. The molecule has 8 heteroatoms. The van der Waals surface area contributed by atoms with E-state index in [1.807, 2.05) is 6.92 Å². The maximum atomic E-state index is 12.3. The summed E-state index contributed by atoms with van der Waals surface area (Å²) in [5.74, 6) is 0.310. The summed E-state index contributed by atoms with van der Waals surface area (Å²) in [6.07, 6.45) is 2.68. The monoisotopic (exact) mass is 436 g/mol. The highest BCUT2D eigenvalue weighted by Crippen LogP contribution is 2.35. The van der Waals surface area contributed by atoms with Gasteiger partial charge < -0.3 is 14.2 Å². The van der Waals surface area contributed by atoms with Crippen molar-refractivity contribution in [1.29, 1.82) is 0 Å². The zero-order valence-electron chi connectivity index (χ0n) is 16.5. The molecule has 0 fully saturated rings. The normalized spacial score (nSPS) is 16.4. The van der Waals surface area contributed by atoms with Crippen LogP contribution >= 0.6 is 11.6 Å². The van der Waals surface area contributed by atoms with E-state index in [0.29, 0.717) is 28.5 Å². The van der Waals surface area contributed by atoms with Gasteiger partial charge >= 0.3 is 5.97 Å². The molecule has 0 unspecified atom stereocenters. The minimum atomic E-state index is -3.35. The van der Waals surface area contributed by atoms with E-state index in [9.17, 15) is 13.2 Å². The number of carbonyl (C=O) groups excluding carboxylic acids is 1. The van der Waals surface area contributed by atoms with Gasteiger partial charge in [0.15, 0.2) is 9.84 Å². The molecular formula is C21H21ClO6S. The van der Waals surface area contributed by atoms with Crippen molar-refractivity contribution in [2.75, 3.05) is 13.4 Å². The van der Waals surface area contributed by atoms with Gasteiger partial charge in [0.05, 0.1) is 17.0 Å². The van der Waals surface area contributed by atoms with Gasteiger partial charge in [0.25, 0.3) is 0 Å². The maximum absolute atomic E-state index is 12.3. The summed E-state index contributed by atoms with van der Waals surface area (Å²) < 4.78 is 40.2. The topological polar surface area (TPSA) is 78.9 Å². The Morgan fingerprint density at radius 2 is 1.93 bits per heavy atom. The zero-order chi connectivity index (χ0) is 21.3. The number of carbonyl (C=O) groups is 1. The smallest absolute Gasteiger partial charge is 0.375 e. The van der Waals surface area contributed by atoms with Crippen LogP contribution in [0, 0.1) is 6.92 Å². The molecule has 0 spiro atoms. The summed E-state index contributed by atoms with van der Waals surface area (Å²) in [7, 11) is -1.84. The van der Waals surface area contributed by atoms with Gasteiger partial charge in [-0.05, 0) is 42.7 Å². The van der Waals surface area contributed by atoms with Crippen molar-refractivity contribution >= 4 is 27.4 Å². The Balaban J connectivity index is 1.93. The van der Waals surface area contributed by atoms with Crippen LogP contribution in [0.3, 0.4) is 0 Å². The Morgan fingerprint density at radius 3 is 2.52 bits per heavy atom. The van der Waals surface area contributed by atoms with E-state index in [1.165, 1.54) is 13.4 Å². The SMILES string of the molecule is CCc1cc(S(C)(=O)=O)c(C)cc1[C@H]1C=C(Oc2ccc(OC)c(Cl)c2)C(=O)O1. The lowest BCUT2D eigenvalue weighted by Crippen LogP contribution is -2.09. The number of esters is 1. The molecule has 1 aliphatic heterocycles. The second-order valence-electron chi connectivity index (χ2n) is 6.70. The Bertz CT molecular complexity index is 1100. The van der Waals surface area contributed by atoms with Crippen molar-refractivity contribution < 1.29 is 27.4 Å². The number of benzene rings is 2. The average Bonchev–Trinajstić information content (AvgIpc) is 3.01. The standard InChI is InChI=1S/C21H21ClO6S/c1-5-13-9-20(29(4,24)25)12(2)8-15(13)18-11-19(21(23)28-18)27-14-6-7-17(26-3)16(22)10-14/h6-11,18H,5H2,1-4H3/t18-/m1/s1.